The number of carboxylic acid groups (broad SMARTS) is 1. The number of hydrogen-bond acceptors (Lipinski definition) is 9. The molecule has 1 saturated carbocycles. The number of aromatic nitrogens is 2. The number of nitrogen functional groups attached to an aromatic ring is 1. The summed E-state index contributed by atoms with van der Waals surface area (Å²) >= 11 is 0. The van der Waals surface area contributed by atoms with Gasteiger partial charge in [-0.05, 0) is 55.2 Å². The van der Waals surface area contributed by atoms with Crippen LogP contribution in [-0.4, -0.2) is 79.2 Å². The van der Waals surface area contributed by atoms with Gasteiger partial charge in [-0.25, -0.2) is 12.7 Å². The van der Waals surface area contributed by atoms with Gasteiger partial charge < -0.3 is 25.8 Å². The van der Waals surface area contributed by atoms with Gasteiger partial charge in [0.2, 0.25) is 21.9 Å². The zero-order valence-corrected chi connectivity index (χ0v) is 22.4. The molecular formula is C25H34N6O6S. The first-order valence-electron chi connectivity index (χ1n) is 12.6. The second kappa shape index (κ2) is 11.5. The fourth-order valence-electron chi connectivity index (χ4n) is 4.91. The fraction of sp³-hybridized carbons (Fsp3) is 0.520. The number of ether oxygens (including phenoxy) is 1. The molecule has 0 saturated heterocycles. The molecule has 1 fully saturated rings. The van der Waals surface area contributed by atoms with E-state index >= 15 is 0 Å². The number of nitrogens with one attached hydrogen (secondary N) is 1. The van der Waals surface area contributed by atoms with Gasteiger partial charge in [0.15, 0.2) is 0 Å². The summed E-state index contributed by atoms with van der Waals surface area (Å²) in [6.07, 6.45) is 3.94. The minimum Gasteiger partial charge on any atom is -0.481 e. The third kappa shape index (κ3) is 6.33. The van der Waals surface area contributed by atoms with Gasteiger partial charge >= 0.3 is 5.97 Å². The summed E-state index contributed by atoms with van der Waals surface area (Å²) in [5.41, 5.74) is 8.07. The average molecular weight is 547 g/mol. The second-order valence-corrected chi connectivity index (χ2v) is 12.2. The summed E-state index contributed by atoms with van der Waals surface area (Å²) in [5, 5.41) is 11.9. The van der Waals surface area contributed by atoms with Crippen LogP contribution in [0.25, 0.3) is 0 Å². The number of aliphatic carboxylic acids is 1. The molecule has 1 aromatic carbocycles. The highest BCUT2D eigenvalue weighted by atomic mass is 32.2. The first-order valence-corrected chi connectivity index (χ1v) is 14.2. The molecule has 2 aromatic rings. The number of nitrogens with two attached hydrogens (primary N) is 1. The second-order valence-electron chi connectivity index (χ2n) is 9.85. The minimum absolute atomic E-state index is 0.0534. The maximum atomic E-state index is 13.4. The summed E-state index contributed by atoms with van der Waals surface area (Å²) in [6.45, 7) is 0.545. The molecule has 0 unspecified atom stereocenters. The van der Waals surface area contributed by atoms with E-state index in [1.165, 1.54) is 19.7 Å². The first-order chi connectivity index (χ1) is 18.0. The Morgan fingerprint density at radius 3 is 2.50 bits per heavy atom. The minimum atomic E-state index is -3.40. The molecule has 4 N–H and O–H groups in total. The molecule has 1 aromatic heterocycles. The van der Waals surface area contributed by atoms with Crippen molar-refractivity contribution < 1.29 is 27.9 Å². The van der Waals surface area contributed by atoms with Crippen molar-refractivity contribution in [1.29, 1.82) is 0 Å². The Morgan fingerprint density at radius 2 is 1.87 bits per heavy atom. The molecule has 0 spiro atoms. The Kier molecular flexibility index (Phi) is 8.36. The summed E-state index contributed by atoms with van der Waals surface area (Å²) in [5.74, 6) is -0.574. The van der Waals surface area contributed by atoms with E-state index in [9.17, 15) is 18.0 Å². The largest absolute Gasteiger partial charge is 0.481 e. The van der Waals surface area contributed by atoms with Crippen molar-refractivity contribution in [3.63, 3.8) is 0 Å². The number of hydrogen-bond donors (Lipinski definition) is 3. The van der Waals surface area contributed by atoms with Gasteiger partial charge in [-0.1, -0.05) is 12.1 Å². The van der Waals surface area contributed by atoms with Crippen molar-refractivity contribution in [3.8, 4) is 5.88 Å². The number of carbonyl (C=O) groups excluding carboxylic acids is 1. The van der Waals surface area contributed by atoms with Crippen molar-refractivity contribution in [3.05, 3.63) is 35.4 Å². The van der Waals surface area contributed by atoms with E-state index in [0.29, 0.717) is 11.6 Å². The van der Waals surface area contributed by atoms with E-state index in [2.05, 4.69) is 15.3 Å². The molecular weight excluding hydrogens is 512 g/mol. The highest BCUT2D eigenvalue weighted by Gasteiger charge is 2.30. The van der Waals surface area contributed by atoms with Gasteiger partial charge in [0, 0.05) is 32.7 Å². The van der Waals surface area contributed by atoms with Crippen LogP contribution in [0.1, 0.15) is 53.9 Å². The Hall–Kier alpha value is -3.45. The molecule has 38 heavy (non-hydrogen) atoms. The fourth-order valence-corrected chi connectivity index (χ4v) is 5.63. The van der Waals surface area contributed by atoms with Gasteiger partial charge in [-0.15, -0.1) is 0 Å². The summed E-state index contributed by atoms with van der Waals surface area (Å²) in [6, 6.07) is 7.84. The zero-order valence-electron chi connectivity index (χ0n) is 21.6. The molecule has 12 nitrogen and oxygen atoms in total. The normalized spacial score (nSPS) is 20.0. The highest BCUT2D eigenvalue weighted by Crippen LogP contribution is 2.38. The topological polar surface area (TPSA) is 168 Å². The summed E-state index contributed by atoms with van der Waals surface area (Å²) in [4.78, 5) is 34.4. The highest BCUT2D eigenvalue weighted by molar-refractivity contribution is 7.89. The summed E-state index contributed by atoms with van der Waals surface area (Å²) in [7, 11) is -0.478. The van der Waals surface area contributed by atoms with E-state index in [4.69, 9.17) is 15.6 Å². The van der Waals surface area contributed by atoms with Crippen LogP contribution in [0.4, 0.5) is 17.5 Å². The smallest absolute Gasteiger partial charge is 0.303 e. The quantitative estimate of drug-likeness (QED) is 0.424. The molecule has 1 aliphatic heterocycles. The predicted molar refractivity (Wildman–Crippen MR) is 143 cm³/mol. The van der Waals surface area contributed by atoms with Crippen molar-refractivity contribution >= 4 is 39.4 Å². The molecule has 1 amide bonds. The van der Waals surface area contributed by atoms with Crippen molar-refractivity contribution in [2.75, 3.05) is 55.5 Å². The molecule has 0 atom stereocenters. The molecule has 13 heteroatoms. The lowest BCUT2D eigenvalue weighted by atomic mass is 9.77. The van der Waals surface area contributed by atoms with E-state index in [0.717, 1.165) is 30.0 Å². The van der Waals surface area contributed by atoms with Gasteiger partial charge in [0.25, 0.3) is 5.91 Å². The number of rotatable bonds is 9. The predicted octanol–water partition coefficient (Wildman–Crippen LogP) is 2.15. The third-order valence-corrected chi connectivity index (χ3v) is 8.93. The van der Waals surface area contributed by atoms with E-state index in [1.807, 2.05) is 24.3 Å². The number of nitrogens with zero attached hydrogens (tertiary/aromatic N) is 4. The van der Waals surface area contributed by atoms with E-state index in [1.54, 1.807) is 4.90 Å². The molecule has 2 aliphatic rings. The third-order valence-electron chi connectivity index (χ3n) is 7.10. The first kappa shape index (κ1) is 27.6. The molecule has 4 rings (SSSR count). The van der Waals surface area contributed by atoms with Crippen LogP contribution >= 0.6 is 0 Å². The number of carboxylic acids is 1. The summed E-state index contributed by atoms with van der Waals surface area (Å²) < 4.78 is 30.8. The SMILES string of the molecule is CN(C)S(=O)(=O)CCNc1nc(N)c2c(n1)OCCN(c1ccc(C3CCC(CC(=O)O)CC3)cc1)C2=O. The molecule has 2 heterocycles. The molecule has 0 radical (unpaired) electrons. The lowest BCUT2D eigenvalue weighted by Gasteiger charge is -2.28. The number of benzene rings is 1. The van der Waals surface area contributed by atoms with Gasteiger partial charge in [-0.3, -0.25) is 9.59 Å². The van der Waals surface area contributed by atoms with Crippen molar-refractivity contribution in [1.82, 2.24) is 14.3 Å². The monoisotopic (exact) mass is 546 g/mol. The Bertz CT molecular complexity index is 1280. The average Bonchev–Trinajstić information content (AvgIpc) is 3.03. The van der Waals surface area contributed by atoms with Crippen LogP contribution in [0.2, 0.25) is 0 Å². The van der Waals surface area contributed by atoms with Crippen LogP contribution in [0.3, 0.4) is 0 Å². The van der Waals surface area contributed by atoms with Gasteiger partial charge in [0.05, 0.1) is 12.3 Å². The number of carbonyl (C=O) groups is 2. The van der Waals surface area contributed by atoms with E-state index in [-0.39, 0.29) is 66.9 Å². The lowest BCUT2D eigenvalue weighted by Crippen LogP contribution is -2.33. The number of amides is 1. The van der Waals surface area contributed by atoms with Crippen LogP contribution < -0.4 is 20.7 Å². The number of anilines is 3. The number of fused-ring (bicyclic) bond motifs is 1. The Morgan fingerprint density at radius 1 is 1.18 bits per heavy atom. The van der Waals surface area contributed by atoms with Crippen LogP contribution in [-0.2, 0) is 14.8 Å². The standard InChI is InChI=1S/C25H34N6O6S/c1-30(2)38(35,36)14-11-27-25-28-22(26)21-23(29-25)37-13-12-31(24(21)34)19-9-7-18(8-10-19)17-5-3-16(4-6-17)15-20(32)33/h7-10,16-17H,3-6,11-15H2,1-2H3,(H,32,33)(H3,26,27,28,29). The van der Waals surface area contributed by atoms with Crippen molar-refractivity contribution in [2.24, 2.45) is 5.92 Å². The van der Waals surface area contributed by atoms with Crippen LogP contribution in [0, 0.1) is 5.92 Å². The molecule has 0 bridgehead atoms. The van der Waals surface area contributed by atoms with Gasteiger partial charge in [0.1, 0.15) is 18.0 Å². The Labute approximate surface area is 222 Å². The zero-order chi connectivity index (χ0) is 27.4. The Balaban J connectivity index is 1.44. The maximum absolute atomic E-state index is 13.4. The van der Waals surface area contributed by atoms with Crippen LogP contribution in [0.5, 0.6) is 5.88 Å². The molecule has 1 aliphatic carbocycles. The maximum Gasteiger partial charge on any atom is 0.303 e. The number of sulfonamides is 1. The van der Waals surface area contributed by atoms with E-state index < -0.39 is 16.0 Å². The van der Waals surface area contributed by atoms with Gasteiger partial charge in [-0.2, -0.15) is 9.97 Å². The lowest BCUT2D eigenvalue weighted by molar-refractivity contribution is -0.138. The van der Waals surface area contributed by atoms with Crippen LogP contribution in [0.15, 0.2) is 24.3 Å². The molecule has 206 valence electrons. The van der Waals surface area contributed by atoms with Crippen molar-refractivity contribution in [2.45, 2.75) is 38.0 Å².